The van der Waals surface area contributed by atoms with E-state index in [0.717, 1.165) is 44.2 Å². The van der Waals surface area contributed by atoms with E-state index in [1.807, 2.05) is 24.3 Å². The Morgan fingerprint density at radius 3 is 2.68 bits per heavy atom. The first-order chi connectivity index (χ1) is 15.0. The van der Waals surface area contributed by atoms with Crippen molar-refractivity contribution in [3.05, 3.63) is 45.7 Å². The van der Waals surface area contributed by atoms with Crippen LogP contribution in [0.2, 0.25) is 0 Å². The lowest BCUT2D eigenvalue weighted by atomic mass is 9.92. The summed E-state index contributed by atoms with van der Waals surface area (Å²) < 4.78 is 0. The lowest BCUT2D eigenvalue weighted by Gasteiger charge is -2.36. The first kappa shape index (κ1) is 21.1. The smallest absolute Gasteiger partial charge is 0.258 e. The number of carbonyl (C=O) groups is 2. The third-order valence-corrected chi connectivity index (χ3v) is 6.26. The predicted molar refractivity (Wildman–Crippen MR) is 121 cm³/mol. The van der Waals surface area contributed by atoms with E-state index in [0.29, 0.717) is 17.7 Å². The van der Waals surface area contributed by atoms with Crippen molar-refractivity contribution in [2.24, 2.45) is 0 Å². The molecule has 3 heterocycles. The lowest BCUT2D eigenvalue weighted by molar-refractivity contribution is -0.123. The molecule has 1 fully saturated rings. The van der Waals surface area contributed by atoms with Gasteiger partial charge in [0.05, 0.1) is 11.5 Å². The molecule has 8 nitrogen and oxygen atoms in total. The molecule has 0 saturated carbocycles. The van der Waals surface area contributed by atoms with Crippen molar-refractivity contribution < 1.29 is 9.59 Å². The second-order valence-electron chi connectivity index (χ2n) is 8.25. The van der Waals surface area contributed by atoms with E-state index in [4.69, 9.17) is 0 Å². The molecule has 2 aliphatic rings. The average molecular weight is 424 g/mol. The van der Waals surface area contributed by atoms with Gasteiger partial charge in [-0.3, -0.25) is 19.4 Å². The minimum Gasteiger partial charge on any atom is -0.339 e. The van der Waals surface area contributed by atoms with Crippen LogP contribution in [-0.2, 0) is 16.0 Å². The van der Waals surface area contributed by atoms with Crippen LogP contribution in [0, 0.1) is 0 Å². The van der Waals surface area contributed by atoms with Crippen LogP contribution in [0.1, 0.15) is 63.0 Å². The molecule has 0 unspecified atom stereocenters. The van der Waals surface area contributed by atoms with Gasteiger partial charge in [0.1, 0.15) is 5.82 Å². The number of aryl methyl sites for hydroxylation is 1. The van der Waals surface area contributed by atoms with Crippen molar-refractivity contribution in [2.45, 2.75) is 64.3 Å². The Kier molecular flexibility index (Phi) is 6.06. The predicted octanol–water partition coefficient (Wildman–Crippen LogP) is 3.17. The zero-order valence-electron chi connectivity index (χ0n) is 18.0. The van der Waals surface area contributed by atoms with Crippen LogP contribution >= 0.6 is 0 Å². The molecule has 2 aromatic rings. The molecular weight excluding hydrogens is 394 g/mol. The van der Waals surface area contributed by atoms with E-state index < -0.39 is 5.92 Å². The van der Waals surface area contributed by atoms with Gasteiger partial charge in [0.2, 0.25) is 17.8 Å². The molecule has 2 amide bonds. The number of fused-ring (bicyclic) bond motifs is 1. The molecule has 2 atom stereocenters. The Morgan fingerprint density at radius 1 is 1.19 bits per heavy atom. The summed E-state index contributed by atoms with van der Waals surface area (Å²) in [6, 6.07) is 7.85. The third kappa shape index (κ3) is 4.33. The maximum atomic E-state index is 13.0. The highest BCUT2D eigenvalue weighted by molar-refractivity contribution is 6.04. The monoisotopic (exact) mass is 423 g/mol. The van der Waals surface area contributed by atoms with Crippen LogP contribution in [-0.4, -0.2) is 34.4 Å². The Labute approximate surface area is 181 Å². The van der Waals surface area contributed by atoms with Gasteiger partial charge in [0.15, 0.2) is 0 Å². The van der Waals surface area contributed by atoms with E-state index in [9.17, 15) is 14.4 Å². The van der Waals surface area contributed by atoms with Gasteiger partial charge in [-0.2, -0.15) is 4.98 Å². The molecule has 2 aliphatic heterocycles. The number of nitrogens with one attached hydrogen (secondary N) is 3. The number of aromatic nitrogens is 2. The zero-order chi connectivity index (χ0) is 22.0. The average Bonchev–Trinajstić information content (AvgIpc) is 2.78. The molecule has 3 N–H and O–H groups in total. The van der Waals surface area contributed by atoms with Crippen molar-refractivity contribution in [1.82, 2.24) is 9.97 Å². The Balaban J connectivity index is 1.63. The van der Waals surface area contributed by atoms with Gasteiger partial charge in [0, 0.05) is 24.7 Å². The first-order valence-electron chi connectivity index (χ1n) is 11.1. The summed E-state index contributed by atoms with van der Waals surface area (Å²) in [5.41, 5.74) is 1.64. The molecular formula is C23H29N5O3. The quantitative estimate of drug-likeness (QED) is 0.685. The topological polar surface area (TPSA) is 107 Å². The summed E-state index contributed by atoms with van der Waals surface area (Å²) in [5, 5.41) is 5.54. The molecule has 0 bridgehead atoms. The highest BCUT2D eigenvalue weighted by atomic mass is 16.2. The van der Waals surface area contributed by atoms with Crippen LogP contribution in [0.15, 0.2) is 29.1 Å². The number of rotatable bonds is 5. The van der Waals surface area contributed by atoms with Crippen LogP contribution in [0.5, 0.6) is 0 Å². The number of nitrogens with zero attached hydrogens (tertiary/aromatic N) is 2. The molecule has 4 rings (SSSR count). The van der Waals surface area contributed by atoms with Gasteiger partial charge in [-0.25, -0.2) is 0 Å². The summed E-state index contributed by atoms with van der Waals surface area (Å²) >= 11 is 0. The van der Waals surface area contributed by atoms with E-state index in [1.165, 1.54) is 0 Å². The van der Waals surface area contributed by atoms with Crippen LogP contribution < -0.4 is 21.1 Å². The molecule has 31 heavy (non-hydrogen) atoms. The molecule has 1 saturated heterocycles. The van der Waals surface area contributed by atoms with Crippen molar-refractivity contribution >= 4 is 29.3 Å². The number of carbonyl (C=O) groups excluding carboxylic acids is 2. The van der Waals surface area contributed by atoms with Gasteiger partial charge in [-0.1, -0.05) is 26.0 Å². The maximum absolute atomic E-state index is 13.0. The second-order valence-corrected chi connectivity index (χ2v) is 8.25. The standard InChI is InChI=1S/C23H29N5O3/c1-3-14-8-10-15(11-9-14)24-21(30)17-13-18(29)25-20-19(17)22(31)27-23(26-20)28-12-6-5-7-16(28)4-2/h8-11,16-17H,3-7,12-13H2,1-2H3,(H,24,30)(H2,25,26,27,29,31)/t16-,17-/m1/s1. The fourth-order valence-electron chi connectivity index (χ4n) is 4.48. The van der Waals surface area contributed by atoms with Crippen LogP contribution in [0.4, 0.5) is 17.5 Å². The Morgan fingerprint density at radius 2 is 1.97 bits per heavy atom. The van der Waals surface area contributed by atoms with Gasteiger partial charge < -0.3 is 15.5 Å². The number of benzene rings is 1. The minimum absolute atomic E-state index is 0.0860. The molecule has 164 valence electrons. The maximum Gasteiger partial charge on any atom is 0.258 e. The molecule has 1 aromatic carbocycles. The number of aromatic amines is 1. The lowest BCUT2D eigenvalue weighted by Crippen LogP contribution is -2.43. The van der Waals surface area contributed by atoms with Gasteiger partial charge in [-0.05, 0) is 49.8 Å². The number of H-pyrrole nitrogens is 1. The van der Waals surface area contributed by atoms with E-state index in [2.05, 4.69) is 39.3 Å². The third-order valence-electron chi connectivity index (χ3n) is 6.26. The fourth-order valence-corrected chi connectivity index (χ4v) is 4.48. The summed E-state index contributed by atoms with van der Waals surface area (Å²) in [5.74, 6) is -0.930. The molecule has 0 radical (unpaired) electrons. The number of hydrogen-bond acceptors (Lipinski definition) is 5. The van der Waals surface area contributed by atoms with Crippen molar-refractivity contribution in [3.63, 3.8) is 0 Å². The SMILES string of the molecule is CCc1ccc(NC(=O)[C@@H]2CC(=O)Nc3nc(N4CCCC[C@H]4CC)[nH]c(=O)c32)cc1. The summed E-state index contributed by atoms with van der Waals surface area (Å²) in [4.78, 5) is 47.9. The minimum atomic E-state index is -0.886. The zero-order valence-corrected chi connectivity index (χ0v) is 18.0. The Bertz CT molecular complexity index is 1030. The van der Waals surface area contributed by atoms with Gasteiger partial charge in [-0.15, -0.1) is 0 Å². The number of piperidine rings is 1. The molecule has 8 heteroatoms. The van der Waals surface area contributed by atoms with Crippen molar-refractivity contribution in [1.29, 1.82) is 0 Å². The summed E-state index contributed by atoms with van der Waals surface area (Å²) in [6.45, 7) is 4.99. The second kappa shape index (κ2) is 8.91. The number of amides is 2. The number of hydrogen-bond donors (Lipinski definition) is 3. The molecule has 1 aromatic heterocycles. The number of anilines is 3. The largest absolute Gasteiger partial charge is 0.339 e. The van der Waals surface area contributed by atoms with E-state index >= 15 is 0 Å². The summed E-state index contributed by atoms with van der Waals surface area (Å²) in [6.07, 6.45) is 5.01. The highest BCUT2D eigenvalue weighted by Crippen LogP contribution is 2.31. The highest BCUT2D eigenvalue weighted by Gasteiger charge is 2.35. The van der Waals surface area contributed by atoms with E-state index in [-0.39, 0.29) is 35.2 Å². The van der Waals surface area contributed by atoms with Gasteiger partial charge >= 0.3 is 0 Å². The van der Waals surface area contributed by atoms with Crippen molar-refractivity contribution in [3.8, 4) is 0 Å². The van der Waals surface area contributed by atoms with Crippen molar-refractivity contribution in [2.75, 3.05) is 22.1 Å². The summed E-state index contributed by atoms with van der Waals surface area (Å²) in [7, 11) is 0. The Hall–Kier alpha value is -3.16. The molecule has 0 spiro atoms. The normalized spacial score (nSPS) is 20.7. The fraction of sp³-hybridized carbons (Fsp3) is 0.478. The van der Waals surface area contributed by atoms with Gasteiger partial charge in [0.25, 0.3) is 5.56 Å². The van der Waals surface area contributed by atoms with Crippen LogP contribution in [0.25, 0.3) is 0 Å². The van der Waals surface area contributed by atoms with Crippen LogP contribution in [0.3, 0.4) is 0 Å². The first-order valence-corrected chi connectivity index (χ1v) is 11.1. The van der Waals surface area contributed by atoms with E-state index in [1.54, 1.807) is 0 Å². The molecule has 0 aliphatic carbocycles.